The molecule has 0 aromatic carbocycles. The molecule has 0 saturated carbocycles. The monoisotopic (exact) mass is 215 g/mol. The molecule has 0 aromatic heterocycles. The first-order valence-electron chi connectivity index (χ1n) is 5.95. The van der Waals surface area contributed by atoms with Crippen LogP contribution in [0.25, 0.3) is 0 Å². The number of piperazine rings is 1. The molecule has 1 N–H and O–H groups in total. The highest BCUT2D eigenvalue weighted by atomic mass is 16.5. The molecular weight excluding hydrogens is 190 g/mol. The second-order valence-corrected chi connectivity index (χ2v) is 4.13. The van der Waals surface area contributed by atoms with Gasteiger partial charge in [-0.05, 0) is 13.5 Å². The van der Waals surface area contributed by atoms with Gasteiger partial charge in [-0.3, -0.25) is 4.90 Å². The van der Waals surface area contributed by atoms with Gasteiger partial charge in [0.15, 0.2) is 0 Å². The van der Waals surface area contributed by atoms with Crippen LogP contribution in [0.15, 0.2) is 0 Å². The zero-order valence-corrected chi connectivity index (χ0v) is 10.2. The fraction of sp³-hybridized carbons (Fsp3) is 1.00. The van der Waals surface area contributed by atoms with Crippen molar-refractivity contribution in [1.29, 1.82) is 0 Å². The van der Waals surface area contributed by atoms with Gasteiger partial charge in [0.25, 0.3) is 0 Å². The van der Waals surface area contributed by atoms with Gasteiger partial charge in [-0.15, -0.1) is 0 Å². The SMILES string of the molecule is CNCCN1CCN(CCCOC)CC1. The van der Waals surface area contributed by atoms with Crippen LogP contribution in [0.5, 0.6) is 0 Å². The van der Waals surface area contributed by atoms with Crippen LogP contribution in [0.3, 0.4) is 0 Å². The number of nitrogens with zero attached hydrogens (tertiary/aromatic N) is 2. The summed E-state index contributed by atoms with van der Waals surface area (Å²) in [5.41, 5.74) is 0. The molecule has 0 atom stereocenters. The van der Waals surface area contributed by atoms with E-state index in [1.54, 1.807) is 7.11 Å². The number of methoxy groups -OCH3 is 1. The van der Waals surface area contributed by atoms with E-state index < -0.39 is 0 Å². The van der Waals surface area contributed by atoms with Crippen molar-refractivity contribution in [2.45, 2.75) is 6.42 Å². The van der Waals surface area contributed by atoms with Gasteiger partial charge >= 0.3 is 0 Å². The van der Waals surface area contributed by atoms with Gasteiger partial charge in [0, 0.05) is 59.5 Å². The third-order valence-corrected chi connectivity index (χ3v) is 2.97. The molecule has 1 fully saturated rings. The lowest BCUT2D eigenvalue weighted by molar-refractivity contribution is 0.118. The molecule has 0 aliphatic carbocycles. The average molecular weight is 215 g/mol. The predicted molar refractivity (Wildman–Crippen MR) is 63.3 cm³/mol. The van der Waals surface area contributed by atoms with Gasteiger partial charge in [0.2, 0.25) is 0 Å². The van der Waals surface area contributed by atoms with E-state index in [2.05, 4.69) is 15.1 Å². The molecule has 4 heteroatoms. The Labute approximate surface area is 93.6 Å². The summed E-state index contributed by atoms with van der Waals surface area (Å²) < 4.78 is 5.06. The van der Waals surface area contributed by atoms with E-state index in [0.29, 0.717) is 0 Å². The van der Waals surface area contributed by atoms with Crippen LogP contribution >= 0.6 is 0 Å². The minimum Gasteiger partial charge on any atom is -0.385 e. The van der Waals surface area contributed by atoms with Crippen LogP contribution in [0.2, 0.25) is 0 Å². The van der Waals surface area contributed by atoms with Gasteiger partial charge in [0.05, 0.1) is 0 Å². The second kappa shape index (κ2) is 8.05. The molecular formula is C11H25N3O. The third-order valence-electron chi connectivity index (χ3n) is 2.97. The molecule has 4 nitrogen and oxygen atoms in total. The quantitative estimate of drug-likeness (QED) is 0.598. The number of likely N-dealkylation sites (N-methyl/N-ethyl adjacent to an activating group) is 1. The van der Waals surface area contributed by atoms with E-state index in [1.165, 1.54) is 39.3 Å². The van der Waals surface area contributed by atoms with E-state index in [4.69, 9.17) is 4.74 Å². The first-order chi connectivity index (χ1) is 7.36. The summed E-state index contributed by atoms with van der Waals surface area (Å²) in [4.78, 5) is 5.07. The Balaban J connectivity index is 2.02. The van der Waals surface area contributed by atoms with Crippen LogP contribution in [0, 0.1) is 0 Å². The molecule has 0 unspecified atom stereocenters. The highest BCUT2D eigenvalue weighted by Crippen LogP contribution is 2.01. The number of hydrogen-bond acceptors (Lipinski definition) is 4. The molecule has 1 saturated heterocycles. The second-order valence-electron chi connectivity index (χ2n) is 4.13. The maximum absolute atomic E-state index is 5.06. The summed E-state index contributed by atoms with van der Waals surface area (Å²) in [6.07, 6.45) is 1.16. The smallest absolute Gasteiger partial charge is 0.0474 e. The summed E-state index contributed by atoms with van der Waals surface area (Å²) >= 11 is 0. The van der Waals surface area contributed by atoms with Gasteiger partial charge in [-0.25, -0.2) is 0 Å². The zero-order valence-electron chi connectivity index (χ0n) is 10.2. The molecule has 15 heavy (non-hydrogen) atoms. The predicted octanol–water partition coefficient (Wildman–Crippen LogP) is -0.140. The standard InChI is InChI=1S/C11H25N3O/c1-12-4-6-14-9-7-13(8-10-14)5-3-11-15-2/h12H,3-11H2,1-2H3. The van der Waals surface area contributed by atoms with Crippen molar-refractivity contribution in [3.05, 3.63) is 0 Å². The molecule has 0 spiro atoms. The van der Waals surface area contributed by atoms with Crippen molar-refractivity contribution in [3.8, 4) is 0 Å². The fourth-order valence-electron chi connectivity index (χ4n) is 1.94. The molecule has 0 amide bonds. The van der Waals surface area contributed by atoms with Crippen molar-refractivity contribution in [3.63, 3.8) is 0 Å². The highest BCUT2D eigenvalue weighted by Gasteiger charge is 2.15. The topological polar surface area (TPSA) is 27.7 Å². The van der Waals surface area contributed by atoms with E-state index in [9.17, 15) is 0 Å². The molecule has 90 valence electrons. The van der Waals surface area contributed by atoms with Gasteiger partial charge in [-0.2, -0.15) is 0 Å². The average Bonchev–Trinajstić information content (AvgIpc) is 2.28. The molecule has 1 aliphatic heterocycles. The Hall–Kier alpha value is -0.160. The molecule has 1 heterocycles. The number of hydrogen-bond donors (Lipinski definition) is 1. The lowest BCUT2D eigenvalue weighted by Crippen LogP contribution is -2.48. The first kappa shape index (κ1) is 12.9. The van der Waals surface area contributed by atoms with Crippen molar-refractivity contribution in [1.82, 2.24) is 15.1 Å². The van der Waals surface area contributed by atoms with Gasteiger partial charge in [0.1, 0.15) is 0 Å². The molecule has 1 rings (SSSR count). The zero-order chi connectivity index (χ0) is 10.9. The Morgan fingerprint density at radius 2 is 1.67 bits per heavy atom. The van der Waals surface area contributed by atoms with E-state index in [-0.39, 0.29) is 0 Å². The summed E-state index contributed by atoms with van der Waals surface area (Å²) in [6.45, 7) is 9.23. The fourth-order valence-corrected chi connectivity index (χ4v) is 1.94. The van der Waals surface area contributed by atoms with Crippen LogP contribution in [-0.2, 0) is 4.74 Å². The van der Waals surface area contributed by atoms with Crippen LogP contribution in [0.1, 0.15) is 6.42 Å². The Kier molecular flexibility index (Phi) is 6.92. The summed E-state index contributed by atoms with van der Waals surface area (Å²) in [5, 5.41) is 3.20. The highest BCUT2D eigenvalue weighted by molar-refractivity contribution is 4.71. The lowest BCUT2D eigenvalue weighted by atomic mass is 10.3. The summed E-state index contributed by atoms with van der Waals surface area (Å²) in [6, 6.07) is 0. The Bertz CT molecular complexity index is 147. The molecule has 1 aliphatic rings. The minimum absolute atomic E-state index is 0.889. The van der Waals surface area contributed by atoms with Gasteiger partial charge < -0.3 is 15.0 Å². The maximum Gasteiger partial charge on any atom is 0.0474 e. The normalized spacial score (nSPS) is 19.6. The van der Waals surface area contributed by atoms with Crippen LogP contribution in [0.4, 0.5) is 0 Å². The van der Waals surface area contributed by atoms with E-state index >= 15 is 0 Å². The summed E-state index contributed by atoms with van der Waals surface area (Å²) in [7, 11) is 3.79. The van der Waals surface area contributed by atoms with E-state index in [0.717, 1.165) is 19.6 Å². The number of nitrogens with one attached hydrogen (secondary N) is 1. The molecule has 0 radical (unpaired) electrons. The van der Waals surface area contributed by atoms with Gasteiger partial charge in [-0.1, -0.05) is 0 Å². The minimum atomic E-state index is 0.889. The number of ether oxygens (including phenoxy) is 1. The van der Waals surface area contributed by atoms with Crippen LogP contribution in [-0.4, -0.2) is 76.4 Å². The Morgan fingerprint density at radius 1 is 1.07 bits per heavy atom. The lowest BCUT2D eigenvalue weighted by Gasteiger charge is -2.34. The first-order valence-corrected chi connectivity index (χ1v) is 5.95. The van der Waals surface area contributed by atoms with Crippen molar-refractivity contribution in [2.24, 2.45) is 0 Å². The third kappa shape index (κ3) is 5.47. The van der Waals surface area contributed by atoms with Crippen molar-refractivity contribution < 1.29 is 4.74 Å². The molecule has 0 aromatic rings. The molecule has 0 bridgehead atoms. The van der Waals surface area contributed by atoms with E-state index in [1.807, 2.05) is 7.05 Å². The van der Waals surface area contributed by atoms with Crippen molar-refractivity contribution in [2.75, 3.05) is 66.6 Å². The van der Waals surface area contributed by atoms with Crippen molar-refractivity contribution >= 4 is 0 Å². The Morgan fingerprint density at radius 3 is 2.20 bits per heavy atom. The summed E-state index contributed by atoms with van der Waals surface area (Å²) in [5.74, 6) is 0. The van der Waals surface area contributed by atoms with Crippen LogP contribution < -0.4 is 5.32 Å². The maximum atomic E-state index is 5.06. The number of rotatable bonds is 7. The largest absolute Gasteiger partial charge is 0.385 e.